The van der Waals surface area contributed by atoms with Gasteiger partial charge >= 0.3 is 0 Å². The summed E-state index contributed by atoms with van der Waals surface area (Å²) in [6, 6.07) is 12.6. The average Bonchev–Trinajstić information content (AvgIpc) is 2.46. The molecule has 4 heteroatoms. The summed E-state index contributed by atoms with van der Waals surface area (Å²) in [5.41, 5.74) is 3.63. The van der Waals surface area contributed by atoms with Crippen LogP contribution in [0.1, 0.15) is 29.7 Å². The van der Waals surface area contributed by atoms with Gasteiger partial charge in [-0.05, 0) is 62.4 Å². The standard InChI is InChI=1S/C17H19Br2NO/c1-4-21-16-8-7-13(19)10-15(16)17(20-3)14-9-12(18)6-5-11(14)2/h5-10,17,20H,4H2,1-3H3. The van der Waals surface area contributed by atoms with E-state index in [2.05, 4.69) is 68.4 Å². The highest BCUT2D eigenvalue weighted by Crippen LogP contribution is 2.34. The monoisotopic (exact) mass is 411 g/mol. The lowest BCUT2D eigenvalue weighted by molar-refractivity contribution is 0.334. The van der Waals surface area contributed by atoms with Gasteiger partial charge in [0.25, 0.3) is 0 Å². The SMILES string of the molecule is CCOc1ccc(Br)cc1C(NC)c1cc(Br)ccc1C. The molecule has 2 aromatic carbocycles. The van der Waals surface area contributed by atoms with Crippen LogP contribution in [0.2, 0.25) is 0 Å². The van der Waals surface area contributed by atoms with Gasteiger partial charge in [0.2, 0.25) is 0 Å². The van der Waals surface area contributed by atoms with Crippen molar-refractivity contribution in [2.24, 2.45) is 0 Å². The van der Waals surface area contributed by atoms with Crippen LogP contribution in [-0.4, -0.2) is 13.7 Å². The van der Waals surface area contributed by atoms with Crippen molar-refractivity contribution in [2.45, 2.75) is 19.9 Å². The maximum atomic E-state index is 5.79. The molecule has 2 rings (SSSR count). The molecular weight excluding hydrogens is 394 g/mol. The molecule has 1 unspecified atom stereocenters. The summed E-state index contributed by atoms with van der Waals surface area (Å²) in [6.07, 6.45) is 0. The number of aryl methyl sites for hydroxylation is 1. The number of hydrogen-bond donors (Lipinski definition) is 1. The van der Waals surface area contributed by atoms with Crippen molar-refractivity contribution in [3.63, 3.8) is 0 Å². The summed E-state index contributed by atoms with van der Waals surface area (Å²) in [6.45, 7) is 4.79. The van der Waals surface area contributed by atoms with Crippen molar-refractivity contribution < 1.29 is 4.74 Å². The Morgan fingerprint density at radius 1 is 1.05 bits per heavy atom. The average molecular weight is 413 g/mol. The van der Waals surface area contributed by atoms with E-state index in [9.17, 15) is 0 Å². The third-order valence-electron chi connectivity index (χ3n) is 3.42. The fraction of sp³-hybridized carbons (Fsp3) is 0.294. The highest BCUT2D eigenvalue weighted by molar-refractivity contribution is 9.10. The highest BCUT2D eigenvalue weighted by atomic mass is 79.9. The number of halogens is 2. The maximum Gasteiger partial charge on any atom is 0.124 e. The minimum atomic E-state index is 0.0848. The lowest BCUT2D eigenvalue weighted by atomic mass is 9.94. The Balaban J connectivity index is 2.55. The molecule has 0 spiro atoms. The molecule has 2 aromatic rings. The summed E-state index contributed by atoms with van der Waals surface area (Å²) in [5.74, 6) is 0.916. The lowest BCUT2D eigenvalue weighted by Crippen LogP contribution is -2.19. The van der Waals surface area contributed by atoms with Crippen molar-refractivity contribution in [1.82, 2.24) is 5.32 Å². The fourth-order valence-corrected chi connectivity index (χ4v) is 3.19. The van der Waals surface area contributed by atoms with Crippen LogP contribution in [0.4, 0.5) is 0 Å². The third-order valence-corrected chi connectivity index (χ3v) is 4.41. The van der Waals surface area contributed by atoms with Crippen LogP contribution in [0.3, 0.4) is 0 Å². The number of ether oxygens (including phenoxy) is 1. The quantitative estimate of drug-likeness (QED) is 0.725. The second-order valence-corrected chi connectivity index (χ2v) is 6.67. The predicted octanol–water partition coefficient (Wildman–Crippen LogP) is 5.23. The molecule has 0 aliphatic heterocycles. The van der Waals surface area contributed by atoms with Crippen LogP contribution in [0.5, 0.6) is 5.75 Å². The van der Waals surface area contributed by atoms with Gasteiger partial charge in [0.15, 0.2) is 0 Å². The Morgan fingerprint density at radius 2 is 1.67 bits per heavy atom. The Kier molecular flexibility index (Phi) is 5.85. The van der Waals surface area contributed by atoms with E-state index < -0.39 is 0 Å². The normalized spacial score (nSPS) is 12.2. The first-order valence-corrected chi connectivity index (χ1v) is 8.51. The second-order valence-electron chi connectivity index (χ2n) is 4.84. The van der Waals surface area contributed by atoms with E-state index in [1.54, 1.807) is 0 Å². The molecule has 0 aromatic heterocycles. The molecule has 0 aliphatic rings. The third kappa shape index (κ3) is 3.87. The van der Waals surface area contributed by atoms with E-state index >= 15 is 0 Å². The van der Waals surface area contributed by atoms with E-state index in [1.165, 1.54) is 11.1 Å². The first-order chi connectivity index (χ1) is 10.1. The van der Waals surface area contributed by atoms with E-state index in [0.29, 0.717) is 6.61 Å². The highest BCUT2D eigenvalue weighted by Gasteiger charge is 2.19. The van der Waals surface area contributed by atoms with Gasteiger partial charge in [0, 0.05) is 14.5 Å². The smallest absolute Gasteiger partial charge is 0.124 e. The van der Waals surface area contributed by atoms with Crippen LogP contribution in [0.25, 0.3) is 0 Å². The number of nitrogens with one attached hydrogen (secondary N) is 1. The minimum absolute atomic E-state index is 0.0848. The minimum Gasteiger partial charge on any atom is -0.494 e. The van der Waals surface area contributed by atoms with Gasteiger partial charge in [0.05, 0.1) is 12.6 Å². The van der Waals surface area contributed by atoms with Gasteiger partial charge in [0.1, 0.15) is 5.75 Å². The zero-order valence-corrected chi connectivity index (χ0v) is 15.6. The Morgan fingerprint density at radius 3 is 2.29 bits per heavy atom. The number of hydrogen-bond acceptors (Lipinski definition) is 2. The molecule has 112 valence electrons. The van der Waals surface area contributed by atoms with Gasteiger partial charge < -0.3 is 10.1 Å². The molecule has 0 radical (unpaired) electrons. The largest absolute Gasteiger partial charge is 0.494 e. The van der Waals surface area contributed by atoms with Crippen molar-refractivity contribution in [3.05, 3.63) is 62.0 Å². The molecule has 0 amide bonds. The Hall–Kier alpha value is -0.840. The summed E-state index contributed by atoms with van der Waals surface area (Å²) in [7, 11) is 1.97. The van der Waals surface area contributed by atoms with Crippen molar-refractivity contribution in [2.75, 3.05) is 13.7 Å². The fourth-order valence-electron chi connectivity index (χ4n) is 2.43. The van der Waals surface area contributed by atoms with Crippen LogP contribution in [0, 0.1) is 6.92 Å². The summed E-state index contributed by atoms with van der Waals surface area (Å²) in [5, 5.41) is 3.41. The van der Waals surface area contributed by atoms with E-state index in [-0.39, 0.29) is 6.04 Å². The molecule has 0 fully saturated rings. The first-order valence-electron chi connectivity index (χ1n) is 6.92. The lowest BCUT2D eigenvalue weighted by Gasteiger charge is -2.22. The van der Waals surface area contributed by atoms with Crippen LogP contribution in [-0.2, 0) is 0 Å². The summed E-state index contributed by atoms with van der Waals surface area (Å²) < 4.78 is 7.92. The van der Waals surface area contributed by atoms with Gasteiger partial charge in [-0.1, -0.05) is 37.9 Å². The Bertz CT molecular complexity index is 628. The second kappa shape index (κ2) is 7.43. The van der Waals surface area contributed by atoms with Gasteiger partial charge in [-0.2, -0.15) is 0 Å². The van der Waals surface area contributed by atoms with E-state index in [1.807, 2.05) is 26.1 Å². The Labute approximate surface area is 143 Å². The van der Waals surface area contributed by atoms with Crippen LogP contribution >= 0.6 is 31.9 Å². The topological polar surface area (TPSA) is 21.3 Å². The zero-order valence-electron chi connectivity index (χ0n) is 12.4. The van der Waals surface area contributed by atoms with Gasteiger partial charge in [-0.25, -0.2) is 0 Å². The number of rotatable bonds is 5. The predicted molar refractivity (Wildman–Crippen MR) is 95.1 cm³/mol. The zero-order chi connectivity index (χ0) is 15.4. The van der Waals surface area contributed by atoms with Gasteiger partial charge in [-0.15, -0.1) is 0 Å². The van der Waals surface area contributed by atoms with Crippen LogP contribution < -0.4 is 10.1 Å². The maximum absolute atomic E-state index is 5.79. The van der Waals surface area contributed by atoms with Crippen LogP contribution in [0.15, 0.2) is 45.3 Å². The van der Waals surface area contributed by atoms with Crippen molar-refractivity contribution in [1.29, 1.82) is 0 Å². The van der Waals surface area contributed by atoms with Crippen molar-refractivity contribution in [3.8, 4) is 5.75 Å². The molecule has 0 bridgehead atoms. The molecule has 1 atom stereocenters. The van der Waals surface area contributed by atoms with E-state index in [0.717, 1.165) is 20.3 Å². The molecule has 0 saturated heterocycles. The summed E-state index contributed by atoms with van der Waals surface area (Å²) >= 11 is 7.12. The molecule has 2 nitrogen and oxygen atoms in total. The molecule has 21 heavy (non-hydrogen) atoms. The molecule has 0 heterocycles. The summed E-state index contributed by atoms with van der Waals surface area (Å²) in [4.78, 5) is 0. The molecule has 0 saturated carbocycles. The number of benzene rings is 2. The van der Waals surface area contributed by atoms with E-state index in [4.69, 9.17) is 4.74 Å². The first kappa shape index (κ1) is 16.5. The van der Waals surface area contributed by atoms with Crippen molar-refractivity contribution >= 4 is 31.9 Å². The molecule has 1 N–H and O–H groups in total. The molecule has 0 aliphatic carbocycles. The molecular formula is C17H19Br2NO. The van der Waals surface area contributed by atoms with Gasteiger partial charge in [-0.3, -0.25) is 0 Å².